The summed E-state index contributed by atoms with van der Waals surface area (Å²) in [5.41, 5.74) is 1.56. The number of carboxylic acids is 1. The first-order valence-corrected chi connectivity index (χ1v) is 7.64. The highest BCUT2D eigenvalue weighted by molar-refractivity contribution is 6.00. The van der Waals surface area contributed by atoms with Crippen molar-refractivity contribution in [2.45, 2.75) is 6.92 Å². The number of pyridine rings is 2. The number of nitrogens with zero attached hydrogens (tertiary/aromatic N) is 3. The van der Waals surface area contributed by atoms with Crippen molar-refractivity contribution in [1.82, 2.24) is 14.9 Å². The van der Waals surface area contributed by atoms with Crippen LogP contribution in [0.5, 0.6) is 0 Å². The van der Waals surface area contributed by atoms with Crippen LogP contribution in [-0.4, -0.2) is 53.1 Å². The van der Waals surface area contributed by atoms with E-state index in [1.807, 2.05) is 20.2 Å². The third kappa shape index (κ3) is 3.97. The minimum atomic E-state index is -0.972. The molecule has 0 fully saturated rings. The molecule has 0 saturated heterocycles. The molecule has 0 bridgehead atoms. The Morgan fingerprint density at radius 1 is 1.42 bits per heavy atom. The van der Waals surface area contributed by atoms with E-state index in [0.717, 1.165) is 29.4 Å². The summed E-state index contributed by atoms with van der Waals surface area (Å²) in [6.45, 7) is 6.97. The molecule has 2 aromatic heterocycles. The maximum Gasteiger partial charge on any atom is 0.331 e. The van der Waals surface area contributed by atoms with Gasteiger partial charge in [0, 0.05) is 47.4 Å². The van der Waals surface area contributed by atoms with Gasteiger partial charge in [0.25, 0.3) is 0 Å². The van der Waals surface area contributed by atoms with Crippen LogP contribution >= 0.6 is 0 Å². The van der Waals surface area contributed by atoms with Crippen molar-refractivity contribution in [3.63, 3.8) is 0 Å². The van der Waals surface area contributed by atoms with Crippen molar-refractivity contribution in [1.29, 1.82) is 0 Å². The lowest BCUT2D eigenvalue weighted by Gasteiger charge is -2.15. The Morgan fingerprint density at radius 2 is 2.17 bits per heavy atom. The van der Waals surface area contributed by atoms with E-state index in [9.17, 15) is 4.79 Å². The molecule has 0 radical (unpaired) electrons. The number of hydrogen-bond donors (Lipinski definition) is 2. The van der Waals surface area contributed by atoms with Crippen LogP contribution in [0.3, 0.4) is 0 Å². The van der Waals surface area contributed by atoms with Crippen LogP contribution in [0.2, 0.25) is 0 Å². The Bertz CT molecular complexity index is 797. The van der Waals surface area contributed by atoms with E-state index in [1.54, 1.807) is 31.5 Å². The molecule has 2 heterocycles. The highest BCUT2D eigenvalue weighted by Crippen LogP contribution is 2.28. The summed E-state index contributed by atoms with van der Waals surface area (Å²) in [4.78, 5) is 22.0. The van der Waals surface area contributed by atoms with Gasteiger partial charge < -0.3 is 15.3 Å². The number of carbonyl (C=O) groups is 1. The second kappa shape index (κ2) is 7.70. The zero-order valence-electron chi connectivity index (χ0n) is 14.2. The molecule has 2 rings (SSSR count). The molecule has 126 valence electrons. The van der Waals surface area contributed by atoms with E-state index in [2.05, 4.69) is 26.8 Å². The largest absolute Gasteiger partial charge is 0.478 e. The Balaban J connectivity index is 2.58. The molecule has 2 N–H and O–H groups in total. The first-order valence-electron chi connectivity index (χ1n) is 7.64. The van der Waals surface area contributed by atoms with Crippen LogP contribution in [0.4, 0.5) is 5.82 Å². The number of rotatable bonds is 7. The van der Waals surface area contributed by atoms with Gasteiger partial charge in [-0.05, 0) is 33.2 Å². The number of nitrogens with one attached hydrogen (secondary N) is 1. The van der Waals surface area contributed by atoms with Crippen LogP contribution in [0.15, 0.2) is 30.6 Å². The second-order valence-corrected chi connectivity index (χ2v) is 5.75. The van der Waals surface area contributed by atoms with Crippen LogP contribution in [-0.2, 0) is 4.79 Å². The van der Waals surface area contributed by atoms with Gasteiger partial charge in [0.05, 0.1) is 5.69 Å². The van der Waals surface area contributed by atoms with Gasteiger partial charge in [0.2, 0.25) is 0 Å². The maximum atomic E-state index is 11.1. The average molecular weight is 326 g/mol. The zero-order valence-corrected chi connectivity index (χ0v) is 14.2. The van der Waals surface area contributed by atoms with Gasteiger partial charge in [-0.15, -0.1) is 0 Å². The molecule has 0 aliphatic heterocycles. The van der Waals surface area contributed by atoms with Crippen LogP contribution in [0.1, 0.15) is 18.2 Å². The smallest absolute Gasteiger partial charge is 0.331 e. The fourth-order valence-electron chi connectivity index (χ4n) is 2.32. The Labute approximate surface area is 141 Å². The number of anilines is 1. The Morgan fingerprint density at radius 3 is 2.79 bits per heavy atom. The maximum absolute atomic E-state index is 11.1. The first kappa shape index (κ1) is 17.6. The third-order valence-electron chi connectivity index (χ3n) is 3.62. The molecule has 0 atom stereocenters. The van der Waals surface area contributed by atoms with E-state index < -0.39 is 5.97 Å². The van der Waals surface area contributed by atoms with E-state index in [0.29, 0.717) is 11.5 Å². The second-order valence-electron chi connectivity index (χ2n) is 5.75. The number of carboxylic acid groups (broad SMARTS) is 1. The standard InChI is InChI=1S/C18H22N4O2/c1-5-13-15-11-19-7-6-14(15)17(20-8-9-22(3)4)21-16(13)10-12(2)18(23)24/h5-7,10-11H,1,8-9H2,2-4H3,(H,20,21)(H,23,24)/b12-10+. The molecule has 0 spiro atoms. The van der Waals surface area contributed by atoms with Crippen molar-refractivity contribution >= 4 is 34.7 Å². The predicted molar refractivity (Wildman–Crippen MR) is 98.0 cm³/mol. The Hall–Kier alpha value is -2.73. The lowest BCUT2D eigenvalue weighted by atomic mass is 10.0. The molecule has 6 nitrogen and oxygen atoms in total. The van der Waals surface area contributed by atoms with E-state index in [4.69, 9.17) is 5.11 Å². The SMILES string of the molecule is C=Cc1c(/C=C(\C)C(=O)O)nc(NCCN(C)C)c2ccncc12. The molecule has 0 aliphatic carbocycles. The summed E-state index contributed by atoms with van der Waals surface area (Å²) in [7, 11) is 4.00. The minimum absolute atomic E-state index is 0.216. The molecule has 0 aromatic carbocycles. The predicted octanol–water partition coefficient (Wildman–Crippen LogP) is 2.73. The van der Waals surface area contributed by atoms with Crippen molar-refractivity contribution in [3.05, 3.63) is 41.9 Å². The quantitative estimate of drug-likeness (QED) is 0.762. The van der Waals surface area contributed by atoms with E-state index in [1.165, 1.54) is 0 Å². The van der Waals surface area contributed by atoms with Crippen LogP contribution in [0, 0.1) is 0 Å². The summed E-state index contributed by atoms with van der Waals surface area (Å²) >= 11 is 0. The summed E-state index contributed by atoms with van der Waals surface area (Å²) in [6, 6.07) is 1.89. The minimum Gasteiger partial charge on any atom is -0.478 e. The van der Waals surface area contributed by atoms with Crippen LogP contribution in [0.25, 0.3) is 22.9 Å². The lowest BCUT2D eigenvalue weighted by Crippen LogP contribution is -2.21. The number of aliphatic carboxylic acids is 1. The molecule has 0 amide bonds. The highest BCUT2D eigenvalue weighted by Gasteiger charge is 2.12. The van der Waals surface area contributed by atoms with E-state index >= 15 is 0 Å². The van der Waals surface area contributed by atoms with Crippen molar-refractivity contribution < 1.29 is 9.90 Å². The fraction of sp³-hybridized carbons (Fsp3) is 0.278. The molecule has 0 saturated carbocycles. The molecule has 24 heavy (non-hydrogen) atoms. The average Bonchev–Trinajstić information content (AvgIpc) is 2.54. The molecular formula is C18H22N4O2. The normalized spacial score (nSPS) is 11.8. The molecule has 0 aliphatic rings. The fourth-order valence-corrected chi connectivity index (χ4v) is 2.32. The summed E-state index contributed by atoms with van der Waals surface area (Å²) in [5.74, 6) is -0.260. The first-order chi connectivity index (χ1) is 11.4. The zero-order chi connectivity index (χ0) is 17.7. The van der Waals surface area contributed by atoms with E-state index in [-0.39, 0.29) is 5.57 Å². The number of hydrogen-bond acceptors (Lipinski definition) is 5. The molecule has 6 heteroatoms. The number of likely N-dealkylation sites (N-methyl/N-ethyl adjacent to an activating group) is 1. The van der Waals surface area contributed by atoms with Crippen molar-refractivity contribution in [2.75, 3.05) is 32.5 Å². The highest BCUT2D eigenvalue weighted by atomic mass is 16.4. The lowest BCUT2D eigenvalue weighted by molar-refractivity contribution is -0.132. The summed E-state index contributed by atoms with van der Waals surface area (Å²) in [5, 5.41) is 14.3. The van der Waals surface area contributed by atoms with Crippen LogP contribution < -0.4 is 5.32 Å². The van der Waals surface area contributed by atoms with Gasteiger partial charge >= 0.3 is 5.97 Å². The van der Waals surface area contributed by atoms with Gasteiger partial charge in [0.15, 0.2) is 0 Å². The van der Waals surface area contributed by atoms with Gasteiger partial charge in [-0.2, -0.15) is 0 Å². The van der Waals surface area contributed by atoms with Crippen molar-refractivity contribution in [3.8, 4) is 0 Å². The van der Waals surface area contributed by atoms with Gasteiger partial charge in [-0.25, -0.2) is 9.78 Å². The molecule has 2 aromatic rings. The third-order valence-corrected chi connectivity index (χ3v) is 3.62. The monoisotopic (exact) mass is 326 g/mol. The summed E-state index contributed by atoms with van der Waals surface area (Å²) in [6.07, 6.45) is 6.70. The van der Waals surface area contributed by atoms with Gasteiger partial charge in [0.1, 0.15) is 5.82 Å². The topological polar surface area (TPSA) is 78.3 Å². The van der Waals surface area contributed by atoms with Gasteiger partial charge in [-0.1, -0.05) is 12.7 Å². The molecular weight excluding hydrogens is 304 g/mol. The Kier molecular flexibility index (Phi) is 5.65. The van der Waals surface area contributed by atoms with Crippen molar-refractivity contribution in [2.24, 2.45) is 0 Å². The summed E-state index contributed by atoms with van der Waals surface area (Å²) < 4.78 is 0. The molecule has 0 unspecified atom stereocenters. The number of fused-ring (bicyclic) bond motifs is 1. The number of aromatic nitrogens is 2. The van der Waals surface area contributed by atoms with Gasteiger partial charge in [-0.3, -0.25) is 4.98 Å².